The predicted molar refractivity (Wildman–Crippen MR) is 73.3 cm³/mol. The first-order valence-electron chi connectivity index (χ1n) is 5.83. The highest BCUT2D eigenvalue weighted by Gasteiger charge is 2.06. The standard InChI is InChI=1S/C14H15N3S/c1-10-9-18-14(17-10)8-16-11(2)13-5-3-4-12(6-13)7-15/h3-6,9,11,16H,8H2,1-2H3. The lowest BCUT2D eigenvalue weighted by Gasteiger charge is -2.13. The van der Waals surface area contributed by atoms with Gasteiger partial charge in [0.05, 0.1) is 11.6 Å². The molecule has 0 fully saturated rings. The van der Waals surface area contributed by atoms with E-state index in [-0.39, 0.29) is 6.04 Å². The zero-order chi connectivity index (χ0) is 13.0. The lowest BCUT2D eigenvalue weighted by atomic mass is 10.1. The maximum Gasteiger partial charge on any atom is 0.107 e. The number of thiazole rings is 1. The molecule has 2 rings (SSSR count). The Balaban J connectivity index is 1.99. The smallest absolute Gasteiger partial charge is 0.107 e. The highest BCUT2D eigenvalue weighted by molar-refractivity contribution is 7.09. The van der Waals surface area contributed by atoms with E-state index in [1.54, 1.807) is 11.3 Å². The molecule has 1 aromatic heterocycles. The van der Waals surface area contributed by atoms with Crippen LogP contribution in [0, 0.1) is 18.3 Å². The van der Waals surface area contributed by atoms with Crippen LogP contribution in [-0.4, -0.2) is 4.98 Å². The molecule has 1 aromatic carbocycles. The highest BCUT2D eigenvalue weighted by atomic mass is 32.1. The van der Waals surface area contributed by atoms with Crippen molar-refractivity contribution in [3.8, 4) is 6.07 Å². The Hall–Kier alpha value is -1.70. The van der Waals surface area contributed by atoms with Gasteiger partial charge < -0.3 is 5.32 Å². The Labute approximate surface area is 111 Å². The lowest BCUT2D eigenvalue weighted by molar-refractivity contribution is 0.573. The van der Waals surface area contributed by atoms with Crippen molar-refractivity contribution >= 4 is 11.3 Å². The molecule has 92 valence electrons. The van der Waals surface area contributed by atoms with Crippen molar-refractivity contribution < 1.29 is 0 Å². The minimum Gasteiger partial charge on any atom is -0.304 e. The SMILES string of the molecule is Cc1csc(CNC(C)c2cccc(C#N)c2)n1. The molecule has 18 heavy (non-hydrogen) atoms. The fraction of sp³-hybridized carbons (Fsp3) is 0.286. The maximum absolute atomic E-state index is 8.88. The second-order valence-corrected chi connectivity index (χ2v) is 5.17. The van der Waals surface area contributed by atoms with Crippen LogP contribution in [0.5, 0.6) is 0 Å². The number of rotatable bonds is 4. The van der Waals surface area contributed by atoms with Gasteiger partial charge in [0.15, 0.2) is 0 Å². The Morgan fingerprint density at radius 2 is 2.33 bits per heavy atom. The molecule has 3 nitrogen and oxygen atoms in total. The third-order valence-corrected chi connectivity index (χ3v) is 3.71. The summed E-state index contributed by atoms with van der Waals surface area (Å²) in [5, 5.41) is 15.4. The molecule has 4 heteroatoms. The first-order chi connectivity index (χ1) is 8.69. The summed E-state index contributed by atoms with van der Waals surface area (Å²) in [4.78, 5) is 4.41. The van der Waals surface area contributed by atoms with Gasteiger partial charge in [0.25, 0.3) is 0 Å². The largest absolute Gasteiger partial charge is 0.304 e. The van der Waals surface area contributed by atoms with E-state index >= 15 is 0 Å². The summed E-state index contributed by atoms with van der Waals surface area (Å²) in [5.74, 6) is 0. The van der Waals surface area contributed by atoms with Gasteiger partial charge in [0, 0.05) is 23.7 Å². The maximum atomic E-state index is 8.88. The van der Waals surface area contributed by atoms with Gasteiger partial charge in [-0.1, -0.05) is 12.1 Å². The van der Waals surface area contributed by atoms with Gasteiger partial charge in [-0.15, -0.1) is 11.3 Å². The highest BCUT2D eigenvalue weighted by Crippen LogP contribution is 2.15. The van der Waals surface area contributed by atoms with Crippen molar-refractivity contribution in [2.45, 2.75) is 26.4 Å². The molecule has 2 aromatic rings. The van der Waals surface area contributed by atoms with E-state index in [4.69, 9.17) is 5.26 Å². The molecule has 1 atom stereocenters. The van der Waals surface area contributed by atoms with Gasteiger partial charge in [-0.2, -0.15) is 5.26 Å². The molecule has 0 radical (unpaired) electrons. The fourth-order valence-electron chi connectivity index (χ4n) is 1.72. The van der Waals surface area contributed by atoms with Crippen LogP contribution in [-0.2, 0) is 6.54 Å². The molecule has 1 unspecified atom stereocenters. The molecular weight excluding hydrogens is 242 g/mol. The van der Waals surface area contributed by atoms with Gasteiger partial charge in [-0.25, -0.2) is 4.98 Å². The first kappa shape index (κ1) is 12.7. The number of aromatic nitrogens is 1. The van der Waals surface area contributed by atoms with Gasteiger partial charge in [0.1, 0.15) is 5.01 Å². The van der Waals surface area contributed by atoms with E-state index in [1.807, 2.05) is 31.2 Å². The molecule has 0 aliphatic heterocycles. The number of aryl methyl sites for hydroxylation is 1. The third-order valence-electron chi connectivity index (χ3n) is 2.74. The zero-order valence-corrected chi connectivity index (χ0v) is 11.3. The van der Waals surface area contributed by atoms with E-state index in [1.165, 1.54) is 0 Å². The third kappa shape index (κ3) is 3.16. The van der Waals surface area contributed by atoms with Crippen molar-refractivity contribution in [2.24, 2.45) is 0 Å². The summed E-state index contributed by atoms with van der Waals surface area (Å²) >= 11 is 1.67. The summed E-state index contributed by atoms with van der Waals surface area (Å²) in [7, 11) is 0. The topological polar surface area (TPSA) is 48.7 Å². The minimum atomic E-state index is 0.211. The fourth-order valence-corrected chi connectivity index (χ4v) is 2.44. The number of nitriles is 1. The van der Waals surface area contributed by atoms with Crippen LogP contribution in [0.25, 0.3) is 0 Å². The van der Waals surface area contributed by atoms with Crippen molar-refractivity contribution in [3.05, 3.63) is 51.5 Å². The number of benzene rings is 1. The molecule has 0 spiro atoms. The van der Waals surface area contributed by atoms with E-state index in [9.17, 15) is 0 Å². The van der Waals surface area contributed by atoms with Crippen molar-refractivity contribution in [3.63, 3.8) is 0 Å². The molecule has 1 N–H and O–H groups in total. The normalized spacial score (nSPS) is 12.1. The Bertz CT molecular complexity index is 568. The van der Waals surface area contributed by atoms with E-state index < -0.39 is 0 Å². The quantitative estimate of drug-likeness (QED) is 0.915. The van der Waals surface area contributed by atoms with Gasteiger partial charge in [-0.3, -0.25) is 0 Å². The van der Waals surface area contributed by atoms with Crippen LogP contribution in [0.3, 0.4) is 0 Å². The van der Waals surface area contributed by atoms with Gasteiger partial charge >= 0.3 is 0 Å². The van der Waals surface area contributed by atoms with Crippen molar-refractivity contribution in [1.29, 1.82) is 5.26 Å². The predicted octanol–water partition coefficient (Wildman–Crippen LogP) is 3.17. The number of hydrogen-bond donors (Lipinski definition) is 1. The van der Waals surface area contributed by atoms with E-state index in [0.29, 0.717) is 5.56 Å². The van der Waals surface area contributed by atoms with Crippen LogP contribution in [0.2, 0.25) is 0 Å². The molecule has 1 heterocycles. The molecular formula is C14H15N3S. The minimum absolute atomic E-state index is 0.211. The molecule has 0 saturated heterocycles. The molecule has 0 amide bonds. The lowest BCUT2D eigenvalue weighted by Crippen LogP contribution is -2.18. The second-order valence-electron chi connectivity index (χ2n) is 4.22. The average Bonchev–Trinajstić information content (AvgIpc) is 2.82. The van der Waals surface area contributed by atoms with Crippen LogP contribution < -0.4 is 5.32 Å². The summed E-state index contributed by atoms with van der Waals surface area (Å²) in [6.45, 7) is 4.85. The molecule has 0 bridgehead atoms. The molecule has 0 saturated carbocycles. The van der Waals surface area contributed by atoms with Gasteiger partial charge in [0.2, 0.25) is 0 Å². The number of hydrogen-bond acceptors (Lipinski definition) is 4. The number of nitrogens with one attached hydrogen (secondary N) is 1. The average molecular weight is 257 g/mol. The Kier molecular flexibility index (Phi) is 4.08. The second kappa shape index (κ2) is 5.76. The van der Waals surface area contributed by atoms with Crippen LogP contribution in [0.4, 0.5) is 0 Å². The first-order valence-corrected chi connectivity index (χ1v) is 6.71. The summed E-state index contributed by atoms with van der Waals surface area (Å²) < 4.78 is 0. The van der Waals surface area contributed by atoms with Gasteiger partial charge in [-0.05, 0) is 31.5 Å². The van der Waals surface area contributed by atoms with E-state index in [0.717, 1.165) is 22.8 Å². The van der Waals surface area contributed by atoms with Crippen molar-refractivity contribution in [1.82, 2.24) is 10.3 Å². The monoisotopic (exact) mass is 257 g/mol. The van der Waals surface area contributed by atoms with E-state index in [2.05, 4.69) is 28.7 Å². The van der Waals surface area contributed by atoms with Crippen LogP contribution >= 0.6 is 11.3 Å². The summed E-state index contributed by atoms with van der Waals surface area (Å²) in [5.41, 5.74) is 2.89. The van der Waals surface area contributed by atoms with Crippen LogP contribution in [0.15, 0.2) is 29.6 Å². The van der Waals surface area contributed by atoms with Crippen LogP contribution in [0.1, 0.15) is 34.8 Å². The summed E-state index contributed by atoms with van der Waals surface area (Å²) in [6, 6.07) is 10.1. The Morgan fingerprint density at radius 3 is 3.00 bits per heavy atom. The summed E-state index contributed by atoms with van der Waals surface area (Å²) in [6.07, 6.45) is 0. The zero-order valence-electron chi connectivity index (χ0n) is 10.5. The molecule has 0 aliphatic carbocycles. The molecule has 0 aliphatic rings. The Morgan fingerprint density at radius 1 is 1.50 bits per heavy atom. The number of nitrogens with zero attached hydrogens (tertiary/aromatic N) is 2. The van der Waals surface area contributed by atoms with Crippen molar-refractivity contribution in [2.75, 3.05) is 0 Å².